The fraction of sp³-hybridized carbons (Fsp3) is 0.474. The summed E-state index contributed by atoms with van der Waals surface area (Å²) in [6, 6.07) is 1.32. The second-order valence-corrected chi connectivity index (χ2v) is 7.26. The van der Waals surface area contributed by atoms with Gasteiger partial charge in [0, 0.05) is 17.2 Å². The minimum absolute atomic E-state index is 0.133. The number of amides is 1. The number of hydrogen-bond donors (Lipinski definition) is 3. The Morgan fingerprint density at radius 3 is 2.73 bits per heavy atom. The Bertz CT molecular complexity index is 680. The fourth-order valence-corrected chi connectivity index (χ4v) is 2.81. The summed E-state index contributed by atoms with van der Waals surface area (Å²) >= 11 is 0. The van der Waals surface area contributed by atoms with Gasteiger partial charge in [0.05, 0.1) is 6.20 Å². The molecule has 26 heavy (non-hydrogen) atoms. The highest BCUT2D eigenvalue weighted by molar-refractivity contribution is 5.84. The normalized spacial score (nSPS) is 15.8. The number of nitrogens with zero attached hydrogens (tertiary/aromatic N) is 2. The monoisotopic (exact) mass is 361 g/mol. The minimum Gasteiger partial charge on any atom is -0.311 e. The van der Waals surface area contributed by atoms with Crippen molar-refractivity contribution in [2.75, 3.05) is 19.6 Å². The number of allylic oxidation sites excluding steroid dienone is 2. The number of nitrogens with two attached hydrogens (primary N) is 1. The third kappa shape index (κ3) is 5.64. The van der Waals surface area contributed by atoms with Gasteiger partial charge in [-0.25, -0.2) is 10.2 Å². The molecule has 1 aliphatic rings. The van der Waals surface area contributed by atoms with Crippen LogP contribution in [0, 0.1) is 11.2 Å². The van der Waals surface area contributed by atoms with E-state index in [1.165, 1.54) is 25.1 Å². The van der Waals surface area contributed by atoms with E-state index < -0.39 is 11.2 Å². The Kier molecular flexibility index (Phi) is 6.88. The summed E-state index contributed by atoms with van der Waals surface area (Å²) in [7, 11) is 0. The predicted molar refractivity (Wildman–Crippen MR) is 101 cm³/mol. The number of nitrogens with one attached hydrogen (secondary N) is 2. The molecule has 0 radical (unpaired) electrons. The van der Waals surface area contributed by atoms with Crippen molar-refractivity contribution in [2.24, 2.45) is 11.3 Å². The van der Waals surface area contributed by atoms with Gasteiger partial charge < -0.3 is 15.6 Å². The van der Waals surface area contributed by atoms with E-state index in [0.717, 1.165) is 32.3 Å². The van der Waals surface area contributed by atoms with Crippen LogP contribution < -0.4 is 16.6 Å². The van der Waals surface area contributed by atoms with Crippen LogP contribution in [0.15, 0.2) is 36.9 Å². The maximum absolute atomic E-state index is 13.3. The first-order valence-corrected chi connectivity index (χ1v) is 8.84. The van der Waals surface area contributed by atoms with E-state index in [2.05, 4.69) is 27.2 Å². The molecule has 0 atom stereocenters. The Balaban J connectivity index is 1.98. The summed E-state index contributed by atoms with van der Waals surface area (Å²) in [4.78, 5) is 18.8. The van der Waals surface area contributed by atoms with E-state index in [1.54, 1.807) is 6.08 Å². The number of hydrazine groups is 1. The third-order valence-corrected chi connectivity index (χ3v) is 4.66. The number of carbonyl (C=O) groups excluding carboxylic acids is 1. The van der Waals surface area contributed by atoms with Gasteiger partial charge in [0.15, 0.2) is 0 Å². The first-order chi connectivity index (χ1) is 12.3. The van der Waals surface area contributed by atoms with Gasteiger partial charge in [-0.3, -0.25) is 9.78 Å². The Labute approximate surface area is 154 Å². The van der Waals surface area contributed by atoms with Gasteiger partial charge in [-0.2, -0.15) is 0 Å². The van der Waals surface area contributed by atoms with E-state index in [-0.39, 0.29) is 5.91 Å². The molecule has 1 saturated heterocycles. The van der Waals surface area contributed by atoms with Gasteiger partial charge in [-0.1, -0.05) is 20.4 Å². The zero-order valence-corrected chi connectivity index (χ0v) is 15.5. The quantitative estimate of drug-likeness (QED) is 0.375. The van der Waals surface area contributed by atoms with Gasteiger partial charge in [0.2, 0.25) is 5.91 Å². The molecule has 0 unspecified atom stereocenters. The highest BCUT2D eigenvalue weighted by Crippen LogP contribution is 2.23. The average molecular weight is 361 g/mol. The molecule has 0 spiro atoms. The van der Waals surface area contributed by atoms with Gasteiger partial charge in [0.1, 0.15) is 11.6 Å². The maximum atomic E-state index is 13.3. The average Bonchev–Trinajstić information content (AvgIpc) is 3.12. The topological polar surface area (TPSA) is 83.3 Å². The van der Waals surface area contributed by atoms with Crippen molar-refractivity contribution in [1.82, 2.24) is 20.6 Å². The molecular weight excluding hydrogens is 333 g/mol. The van der Waals surface area contributed by atoms with E-state index in [1.807, 2.05) is 13.8 Å². The summed E-state index contributed by atoms with van der Waals surface area (Å²) in [6.07, 6.45) is 7.39. The van der Waals surface area contributed by atoms with Crippen LogP contribution in [-0.2, 0) is 4.79 Å². The van der Waals surface area contributed by atoms with Crippen molar-refractivity contribution in [2.45, 2.75) is 33.1 Å². The van der Waals surface area contributed by atoms with E-state index >= 15 is 0 Å². The molecule has 1 aliphatic heterocycles. The van der Waals surface area contributed by atoms with Crippen LogP contribution >= 0.6 is 0 Å². The molecule has 2 rings (SSSR count). The second-order valence-electron chi connectivity index (χ2n) is 7.26. The molecule has 0 saturated carbocycles. The van der Waals surface area contributed by atoms with Gasteiger partial charge in [-0.15, -0.1) is 0 Å². The molecule has 1 aromatic heterocycles. The highest BCUT2D eigenvalue weighted by atomic mass is 19.1. The van der Waals surface area contributed by atoms with Crippen molar-refractivity contribution in [3.63, 3.8) is 0 Å². The SMILES string of the molecule is C=C(/C=C(\NN)NC(=O)C(C)(C)CCN1CCCC1)c1cncc(F)c1. The fourth-order valence-electron chi connectivity index (χ4n) is 2.81. The lowest BCUT2D eigenvalue weighted by molar-refractivity contribution is -0.129. The predicted octanol–water partition coefficient (Wildman–Crippen LogP) is 2.17. The molecule has 0 bridgehead atoms. The van der Waals surface area contributed by atoms with E-state index in [4.69, 9.17) is 5.84 Å². The number of pyridine rings is 1. The molecule has 4 N–H and O–H groups in total. The second kappa shape index (κ2) is 8.91. The summed E-state index contributed by atoms with van der Waals surface area (Å²) in [5.41, 5.74) is 2.92. The van der Waals surface area contributed by atoms with Crippen LogP contribution in [0.4, 0.5) is 4.39 Å². The van der Waals surface area contributed by atoms with Crippen molar-refractivity contribution in [1.29, 1.82) is 0 Å². The number of aromatic nitrogens is 1. The standard InChI is InChI=1S/C19H28FN5O/c1-14(15-11-16(20)13-22-12-15)10-17(24-21)23-18(26)19(2,3)6-9-25-7-4-5-8-25/h10-13,24H,1,4-9,21H2,2-3H3,(H,23,26)/b17-10-. The third-order valence-electron chi connectivity index (χ3n) is 4.66. The minimum atomic E-state index is -0.541. The lowest BCUT2D eigenvalue weighted by Gasteiger charge is -2.27. The largest absolute Gasteiger partial charge is 0.311 e. The zero-order valence-electron chi connectivity index (χ0n) is 15.5. The van der Waals surface area contributed by atoms with Crippen LogP contribution in [0.3, 0.4) is 0 Å². The molecule has 1 aromatic rings. The summed E-state index contributed by atoms with van der Waals surface area (Å²) in [5.74, 6) is 5.24. The van der Waals surface area contributed by atoms with Crippen LogP contribution in [0.5, 0.6) is 0 Å². The molecule has 142 valence electrons. The zero-order chi connectivity index (χ0) is 19.2. The van der Waals surface area contributed by atoms with E-state index in [0.29, 0.717) is 17.0 Å². The lowest BCUT2D eigenvalue weighted by atomic mass is 9.88. The Hall–Kier alpha value is -2.25. The number of likely N-dealkylation sites (tertiary alicyclic amines) is 1. The molecule has 1 fully saturated rings. The number of hydrogen-bond acceptors (Lipinski definition) is 5. The van der Waals surface area contributed by atoms with Gasteiger partial charge in [0.25, 0.3) is 0 Å². The summed E-state index contributed by atoms with van der Waals surface area (Å²) in [6.45, 7) is 10.8. The first kappa shape index (κ1) is 20.1. The molecule has 0 aliphatic carbocycles. The van der Waals surface area contributed by atoms with Crippen molar-refractivity contribution in [3.05, 3.63) is 48.3 Å². The summed E-state index contributed by atoms with van der Waals surface area (Å²) < 4.78 is 13.3. The number of halogens is 1. The van der Waals surface area contributed by atoms with Crippen LogP contribution in [0.2, 0.25) is 0 Å². The first-order valence-electron chi connectivity index (χ1n) is 8.84. The van der Waals surface area contributed by atoms with Crippen LogP contribution in [-0.4, -0.2) is 35.4 Å². The van der Waals surface area contributed by atoms with Gasteiger partial charge >= 0.3 is 0 Å². The smallest absolute Gasteiger partial charge is 0.231 e. The lowest BCUT2D eigenvalue weighted by Crippen LogP contribution is -2.43. The molecule has 6 nitrogen and oxygen atoms in total. The molecule has 2 heterocycles. The number of carbonyl (C=O) groups is 1. The summed E-state index contributed by atoms with van der Waals surface area (Å²) in [5, 5.41) is 2.79. The van der Waals surface area contributed by atoms with E-state index in [9.17, 15) is 9.18 Å². The van der Waals surface area contributed by atoms with Crippen LogP contribution in [0.25, 0.3) is 5.57 Å². The van der Waals surface area contributed by atoms with Crippen molar-refractivity contribution in [3.8, 4) is 0 Å². The molecular formula is C19H28FN5O. The number of rotatable bonds is 8. The van der Waals surface area contributed by atoms with Crippen molar-refractivity contribution < 1.29 is 9.18 Å². The molecule has 1 amide bonds. The Morgan fingerprint density at radius 2 is 2.12 bits per heavy atom. The molecule has 7 heteroatoms. The molecule has 0 aromatic carbocycles. The maximum Gasteiger partial charge on any atom is 0.231 e. The van der Waals surface area contributed by atoms with Crippen LogP contribution in [0.1, 0.15) is 38.7 Å². The highest BCUT2D eigenvalue weighted by Gasteiger charge is 2.29. The Morgan fingerprint density at radius 1 is 1.42 bits per heavy atom. The van der Waals surface area contributed by atoms with Gasteiger partial charge in [-0.05, 0) is 56.6 Å². The van der Waals surface area contributed by atoms with Crippen molar-refractivity contribution >= 4 is 11.5 Å².